The summed E-state index contributed by atoms with van der Waals surface area (Å²) < 4.78 is 0. The van der Waals surface area contributed by atoms with E-state index in [0.29, 0.717) is 12.1 Å². The zero-order valence-corrected chi connectivity index (χ0v) is 10.4. The van der Waals surface area contributed by atoms with Gasteiger partial charge in [0.05, 0.1) is 0 Å². The Kier molecular flexibility index (Phi) is 4.32. The van der Waals surface area contributed by atoms with Crippen molar-refractivity contribution in [3.63, 3.8) is 0 Å². The zero-order chi connectivity index (χ0) is 11.5. The highest BCUT2D eigenvalue weighted by Gasteiger charge is 2.39. The molecule has 0 amide bonds. The van der Waals surface area contributed by atoms with Gasteiger partial charge in [-0.2, -0.15) is 0 Å². The molecule has 0 bridgehead atoms. The van der Waals surface area contributed by atoms with Gasteiger partial charge in [-0.05, 0) is 46.0 Å². The van der Waals surface area contributed by atoms with Crippen molar-refractivity contribution in [3.05, 3.63) is 12.2 Å². The molecule has 3 nitrogen and oxygen atoms in total. The number of nitrogens with zero attached hydrogens (tertiary/aromatic N) is 2. The van der Waals surface area contributed by atoms with Crippen LogP contribution in [-0.2, 0) is 0 Å². The van der Waals surface area contributed by atoms with Gasteiger partial charge in [-0.1, -0.05) is 6.58 Å². The Labute approximate surface area is 93.9 Å². The van der Waals surface area contributed by atoms with E-state index >= 15 is 0 Å². The Balaban J connectivity index is 2.42. The molecule has 0 saturated heterocycles. The van der Waals surface area contributed by atoms with Crippen molar-refractivity contribution in [3.8, 4) is 0 Å². The molecule has 0 atom stereocenters. The van der Waals surface area contributed by atoms with E-state index in [1.807, 2.05) is 0 Å². The van der Waals surface area contributed by atoms with Crippen LogP contribution in [0, 0.1) is 0 Å². The number of nitrogens with two attached hydrogens (primary N) is 1. The van der Waals surface area contributed by atoms with Gasteiger partial charge in [-0.3, -0.25) is 0 Å². The lowest BCUT2D eigenvalue weighted by Gasteiger charge is -2.49. The van der Waals surface area contributed by atoms with Crippen molar-refractivity contribution < 1.29 is 0 Å². The highest BCUT2D eigenvalue weighted by Crippen LogP contribution is 2.36. The molecule has 0 radical (unpaired) electrons. The fourth-order valence-corrected chi connectivity index (χ4v) is 2.34. The summed E-state index contributed by atoms with van der Waals surface area (Å²) in [5.41, 5.74) is 7.08. The van der Waals surface area contributed by atoms with Crippen LogP contribution in [0.2, 0.25) is 0 Å². The number of hydrogen-bond acceptors (Lipinski definition) is 3. The van der Waals surface area contributed by atoms with Crippen LogP contribution in [0.5, 0.6) is 0 Å². The molecule has 15 heavy (non-hydrogen) atoms. The topological polar surface area (TPSA) is 32.5 Å². The molecule has 0 aromatic rings. The summed E-state index contributed by atoms with van der Waals surface area (Å²) in [5, 5.41) is 0. The minimum atomic E-state index is 0.406. The predicted octanol–water partition coefficient (Wildman–Crippen LogP) is 0.917. The molecular weight excluding hydrogens is 186 g/mol. The van der Waals surface area contributed by atoms with Gasteiger partial charge in [-0.15, -0.1) is 0 Å². The second kappa shape index (κ2) is 5.10. The summed E-state index contributed by atoms with van der Waals surface area (Å²) >= 11 is 0. The van der Waals surface area contributed by atoms with Gasteiger partial charge >= 0.3 is 0 Å². The summed E-state index contributed by atoms with van der Waals surface area (Å²) in [6.07, 6.45) is 4.00. The first-order valence-electron chi connectivity index (χ1n) is 5.73. The number of hydrogen-bond donors (Lipinski definition) is 1. The molecule has 1 aliphatic rings. The Morgan fingerprint density at radius 2 is 1.93 bits per heavy atom. The average molecular weight is 211 g/mol. The normalized spacial score (nSPS) is 19.3. The predicted molar refractivity (Wildman–Crippen MR) is 66.0 cm³/mol. The monoisotopic (exact) mass is 211 g/mol. The Morgan fingerprint density at radius 3 is 2.27 bits per heavy atom. The quantitative estimate of drug-likeness (QED) is 0.663. The third-order valence-electron chi connectivity index (χ3n) is 3.58. The van der Waals surface area contributed by atoms with Crippen molar-refractivity contribution in [2.24, 2.45) is 5.73 Å². The molecule has 0 aromatic heterocycles. The first-order chi connectivity index (χ1) is 7.00. The summed E-state index contributed by atoms with van der Waals surface area (Å²) in [7, 11) is 6.53. The largest absolute Gasteiger partial charge is 0.327 e. The van der Waals surface area contributed by atoms with Gasteiger partial charge in [-0.25, -0.2) is 0 Å². The SMILES string of the molecule is C=C(CN)CN(C)CC1(N(C)C)CCC1. The van der Waals surface area contributed by atoms with Crippen LogP contribution in [0.3, 0.4) is 0 Å². The average Bonchev–Trinajstić information content (AvgIpc) is 2.10. The van der Waals surface area contributed by atoms with Crippen LogP contribution in [0.1, 0.15) is 19.3 Å². The molecule has 1 saturated carbocycles. The van der Waals surface area contributed by atoms with Gasteiger partial charge in [0.15, 0.2) is 0 Å². The van der Waals surface area contributed by atoms with Gasteiger partial charge in [0, 0.05) is 25.2 Å². The van der Waals surface area contributed by atoms with E-state index in [9.17, 15) is 0 Å². The van der Waals surface area contributed by atoms with E-state index < -0.39 is 0 Å². The Bertz CT molecular complexity index is 219. The van der Waals surface area contributed by atoms with E-state index in [0.717, 1.165) is 18.7 Å². The molecule has 1 fully saturated rings. The molecule has 0 aromatic carbocycles. The lowest BCUT2D eigenvalue weighted by atomic mass is 9.75. The van der Waals surface area contributed by atoms with Crippen LogP contribution in [0.25, 0.3) is 0 Å². The van der Waals surface area contributed by atoms with Crippen molar-refractivity contribution in [1.29, 1.82) is 0 Å². The maximum atomic E-state index is 5.55. The molecule has 0 heterocycles. The lowest BCUT2D eigenvalue weighted by Crippen LogP contribution is -2.56. The summed E-state index contributed by atoms with van der Waals surface area (Å²) in [6, 6.07) is 0. The standard InChI is InChI=1S/C12H25N3/c1-11(8-13)9-15(4)10-12(14(2)3)6-5-7-12/h1,5-10,13H2,2-4H3. The molecule has 3 heteroatoms. The van der Waals surface area contributed by atoms with Crippen molar-refractivity contribution in [1.82, 2.24) is 9.80 Å². The molecule has 1 rings (SSSR count). The van der Waals surface area contributed by atoms with E-state index in [-0.39, 0.29) is 0 Å². The van der Waals surface area contributed by atoms with Crippen LogP contribution in [0.15, 0.2) is 12.2 Å². The highest BCUT2D eigenvalue weighted by molar-refractivity contribution is 5.02. The minimum Gasteiger partial charge on any atom is -0.327 e. The lowest BCUT2D eigenvalue weighted by molar-refractivity contribution is 0.0301. The molecule has 0 spiro atoms. The first-order valence-corrected chi connectivity index (χ1v) is 5.73. The van der Waals surface area contributed by atoms with Crippen molar-refractivity contribution in [2.75, 3.05) is 40.8 Å². The third-order valence-corrected chi connectivity index (χ3v) is 3.58. The van der Waals surface area contributed by atoms with E-state index in [1.54, 1.807) is 0 Å². The maximum Gasteiger partial charge on any atom is 0.0330 e. The number of likely N-dealkylation sites (N-methyl/N-ethyl adjacent to an activating group) is 2. The second-order valence-electron chi connectivity index (χ2n) is 5.10. The van der Waals surface area contributed by atoms with E-state index in [1.165, 1.54) is 19.3 Å². The van der Waals surface area contributed by atoms with Gasteiger partial charge in [0.2, 0.25) is 0 Å². The van der Waals surface area contributed by atoms with E-state index in [2.05, 4.69) is 37.5 Å². The van der Waals surface area contributed by atoms with Crippen molar-refractivity contribution in [2.45, 2.75) is 24.8 Å². The first kappa shape index (κ1) is 12.7. The highest BCUT2D eigenvalue weighted by atomic mass is 15.2. The third kappa shape index (κ3) is 3.03. The Hall–Kier alpha value is -0.380. The molecule has 1 aliphatic carbocycles. The minimum absolute atomic E-state index is 0.406. The zero-order valence-electron chi connectivity index (χ0n) is 10.4. The molecule has 0 aliphatic heterocycles. The van der Waals surface area contributed by atoms with Gasteiger partial charge < -0.3 is 15.5 Å². The van der Waals surface area contributed by atoms with E-state index in [4.69, 9.17) is 5.73 Å². The summed E-state index contributed by atoms with van der Waals surface area (Å²) in [6.45, 7) is 6.59. The van der Waals surface area contributed by atoms with Crippen LogP contribution in [0.4, 0.5) is 0 Å². The number of rotatable bonds is 6. The maximum absolute atomic E-state index is 5.55. The molecule has 88 valence electrons. The fraction of sp³-hybridized carbons (Fsp3) is 0.833. The molecule has 0 unspecified atom stereocenters. The summed E-state index contributed by atoms with van der Waals surface area (Å²) in [5.74, 6) is 0. The Morgan fingerprint density at radius 1 is 1.33 bits per heavy atom. The van der Waals surface area contributed by atoms with Crippen LogP contribution in [-0.4, -0.2) is 56.1 Å². The van der Waals surface area contributed by atoms with Crippen molar-refractivity contribution >= 4 is 0 Å². The second-order valence-corrected chi connectivity index (χ2v) is 5.10. The molecule has 2 N–H and O–H groups in total. The van der Waals surface area contributed by atoms with Gasteiger partial charge in [0.25, 0.3) is 0 Å². The van der Waals surface area contributed by atoms with Gasteiger partial charge in [0.1, 0.15) is 0 Å². The van der Waals surface area contributed by atoms with Crippen LogP contribution >= 0.6 is 0 Å². The van der Waals surface area contributed by atoms with Crippen LogP contribution < -0.4 is 5.73 Å². The summed E-state index contributed by atoms with van der Waals surface area (Å²) in [4.78, 5) is 4.71. The smallest absolute Gasteiger partial charge is 0.0330 e. The molecular formula is C12H25N3. The fourth-order valence-electron chi connectivity index (χ4n) is 2.34.